The Balaban J connectivity index is 1.53. The van der Waals surface area contributed by atoms with Crippen molar-refractivity contribution in [3.8, 4) is 16.9 Å². The van der Waals surface area contributed by atoms with Crippen molar-refractivity contribution < 1.29 is 23.8 Å². The van der Waals surface area contributed by atoms with Gasteiger partial charge in [-0.25, -0.2) is 4.98 Å². The maximum absolute atomic E-state index is 14.2. The van der Waals surface area contributed by atoms with Crippen LogP contribution in [-0.2, 0) is 16.0 Å². The van der Waals surface area contributed by atoms with Crippen molar-refractivity contribution in [1.29, 1.82) is 0 Å². The number of benzene rings is 2. The summed E-state index contributed by atoms with van der Waals surface area (Å²) in [5, 5.41) is 9.10. The minimum absolute atomic E-state index is 0.0856. The van der Waals surface area contributed by atoms with Crippen LogP contribution >= 0.6 is 0 Å². The Hall–Kier alpha value is -3.25. The molecule has 0 saturated carbocycles. The Bertz CT molecular complexity index is 1070. The Morgan fingerprint density at radius 3 is 2.65 bits per heavy atom. The maximum atomic E-state index is 14.2. The molecule has 1 aliphatic rings. The molecule has 1 heterocycles. The standard InChI is InChI=1S/C25H24FNO4/c1-2-30-23(15-24(28)29)16-8-10-17(11-9-16)31-22-13-12-19-18(5-3-6-20(19)22)21-7-4-14-27-25(21)26/h3-11,14,22-23H,2,12-13,15H2,1H3,(H,28,29)/t22-,23+/m1/s1. The van der Waals surface area contributed by atoms with Gasteiger partial charge in [0.15, 0.2) is 0 Å². The van der Waals surface area contributed by atoms with Gasteiger partial charge in [0.1, 0.15) is 11.9 Å². The largest absolute Gasteiger partial charge is 0.486 e. The first kappa shape index (κ1) is 21.0. The molecule has 31 heavy (non-hydrogen) atoms. The molecule has 0 bridgehead atoms. The first-order valence-corrected chi connectivity index (χ1v) is 10.4. The molecule has 0 saturated heterocycles. The van der Waals surface area contributed by atoms with E-state index in [1.54, 1.807) is 12.1 Å². The number of halogens is 1. The molecule has 6 heteroatoms. The number of carboxylic acids is 1. The summed E-state index contributed by atoms with van der Waals surface area (Å²) in [6.45, 7) is 2.28. The fourth-order valence-electron chi connectivity index (χ4n) is 4.14. The van der Waals surface area contributed by atoms with Crippen molar-refractivity contribution in [1.82, 2.24) is 4.98 Å². The van der Waals surface area contributed by atoms with Gasteiger partial charge < -0.3 is 14.6 Å². The highest BCUT2D eigenvalue weighted by Crippen LogP contribution is 2.40. The number of aromatic nitrogens is 1. The van der Waals surface area contributed by atoms with Crippen LogP contribution in [0.5, 0.6) is 5.75 Å². The SMILES string of the molecule is CCO[C@@H](CC(=O)O)c1ccc(O[C@@H]2CCc3c(-c4cccnc4F)cccc32)cc1. The number of nitrogens with zero attached hydrogens (tertiary/aromatic N) is 1. The molecule has 0 unspecified atom stereocenters. The number of aliphatic carboxylic acids is 1. The summed E-state index contributed by atoms with van der Waals surface area (Å²) in [7, 11) is 0. The maximum Gasteiger partial charge on any atom is 0.306 e. The first-order valence-electron chi connectivity index (χ1n) is 10.4. The van der Waals surface area contributed by atoms with E-state index in [0.29, 0.717) is 17.9 Å². The summed E-state index contributed by atoms with van der Waals surface area (Å²) in [5.41, 5.74) is 4.32. The van der Waals surface area contributed by atoms with Crippen molar-refractivity contribution in [3.05, 3.63) is 83.4 Å². The van der Waals surface area contributed by atoms with E-state index in [0.717, 1.165) is 35.1 Å². The number of hydrogen-bond donors (Lipinski definition) is 1. The van der Waals surface area contributed by atoms with Crippen molar-refractivity contribution in [2.75, 3.05) is 6.61 Å². The molecule has 0 amide bonds. The van der Waals surface area contributed by atoms with Gasteiger partial charge in [0.2, 0.25) is 5.95 Å². The number of ether oxygens (including phenoxy) is 2. The Morgan fingerprint density at radius 2 is 1.94 bits per heavy atom. The summed E-state index contributed by atoms with van der Waals surface area (Å²) in [6.07, 6.45) is 2.36. The van der Waals surface area contributed by atoms with Gasteiger partial charge in [0.05, 0.1) is 12.5 Å². The van der Waals surface area contributed by atoms with E-state index in [1.807, 2.05) is 49.4 Å². The van der Waals surface area contributed by atoms with Crippen molar-refractivity contribution in [2.24, 2.45) is 0 Å². The van der Waals surface area contributed by atoms with Crippen LogP contribution in [0, 0.1) is 5.95 Å². The van der Waals surface area contributed by atoms with Crippen molar-refractivity contribution >= 4 is 5.97 Å². The minimum atomic E-state index is -0.901. The van der Waals surface area contributed by atoms with Crippen LogP contribution in [-0.4, -0.2) is 22.7 Å². The topological polar surface area (TPSA) is 68.7 Å². The van der Waals surface area contributed by atoms with Gasteiger partial charge in [-0.3, -0.25) is 4.79 Å². The fraction of sp³-hybridized carbons (Fsp3) is 0.280. The molecule has 0 spiro atoms. The Labute approximate surface area is 180 Å². The van der Waals surface area contributed by atoms with E-state index in [2.05, 4.69) is 4.98 Å². The lowest BCUT2D eigenvalue weighted by Crippen LogP contribution is -2.10. The third-order valence-electron chi connectivity index (χ3n) is 5.52. The number of rotatable bonds is 8. The summed E-state index contributed by atoms with van der Waals surface area (Å²) in [6, 6.07) is 16.7. The van der Waals surface area contributed by atoms with Gasteiger partial charge in [-0.1, -0.05) is 30.3 Å². The molecule has 4 rings (SSSR count). The lowest BCUT2D eigenvalue weighted by molar-refractivity contribution is -0.140. The number of pyridine rings is 1. The van der Waals surface area contributed by atoms with Gasteiger partial charge in [0, 0.05) is 18.4 Å². The average molecular weight is 421 g/mol. The van der Waals surface area contributed by atoms with Crippen LogP contribution in [0.4, 0.5) is 4.39 Å². The van der Waals surface area contributed by atoms with E-state index in [9.17, 15) is 9.18 Å². The monoisotopic (exact) mass is 421 g/mol. The highest BCUT2D eigenvalue weighted by atomic mass is 19.1. The second-order valence-corrected chi connectivity index (χ2v) is 7.47. The molecule has 2 aromatic carbocycles. The first-order chi connectivity index (χ1) is 15.1. The third kappa shape index (κ3) is 4.59. The molecule has 0 aliphatic heterocycles. The van der Waals surface area contributed by atoms with Crippen LogP contribution in [0.3, 0.4) is 0 Å². The van der Waals surface area contributed by atoms with Crippen LogP contribution in [0.25, 0.3) is 11.1 Å². The molecule has 0 fully saturated rings. The summed E-state index contributed by atoms with van der Waals surface area (Å²) in [5.74, 6) is -0.673. The summed E-state index contributed by atoms with van der Waals surface area (Å²) >= 11 is 0. The predicted octanol–water partition coefficient (Wildman–Crippen LogP) is 5.51. The molecular weight excluding hydrogens is 397 g/mol. The van der Waals surface area contributed by atoms with Crippen molar-refractivity contribution in [3.63, 3.8) is 0 Å². The predicted molar refractivity (Wildman–Crippen MR) is 114 cm³/mol. The van der Waals surface area contributed by atoms with Crippen LogP contribution in [0.2, 0.25) is 0 Å². The normalized spacial score (nSPS) is 16.0. The zero-order valence-electron chi connectivity index (χ0n) is 17.3. The summed E-state index contributed by atoms with van der Waals surface area (Å²) < 4.78 is 26.0. The van der Waals surface area contributed by atoms with Gasteiger partial charge in [-0.2, -0.15) is 4.39 Å². The van der Waals surface area contributed by atoms with E-state index < -0.39 is 18.0 Å². The highest BCUT2D eigenvalue weighted by Gasteiger charge is 2.27. The summed E-state index contributed by atoms with van der Waals surface area (Å²) in [4.78, 5) is 14.9. The smallest absolute Gasteiger partial charge is 0.306 e. The second kappa shape index (κ2) is 9.27. The van der Waals surface area contributed by atoms with Gasteiger partial charge in [-0.05, 0) is 66.3 Å². The lowest BCUT2D eigenvalue weighted by atomic mass is 9.97. The fourth-order valence-corrected chi connectivity index (χ4v) is 4.14. The van der Waals surface area contributed by atoms with Gasteiger partial charge >= 0.3 is 5.97 Å². The van der Waals surface area contributed by atoms with E-state index >= 15 is 0 Å². The minimum Gasteiger partial charge on any atom is -0.486 e. The zero-order valence-corrected chi connectivity index (χ0v) is 17.3. The Kier molecular flexibility index (Phi) is 6.28. The van der Waals surface area contributed by atoms with Crippen LogP contribution < -0.4 is 4.74 Å². The molecule has 160 valence electrons. The zero-order chi connectivity index (χ0) is 21.8. The number of fused-ring (bicyclic) bond motifs is 1. The number of carboxylic acid groups (broad SMARTS) is 1. The van der Waals surface area contributed by atoms with Crippen LogP contribution in [0.1, 0.15) is 48.7 Å². The third-order valence-corrected chi connectivity index (χ3v) is 5.52. The van der Waals surface area contributed by atoms with Crippen molar-refractivity contribution in [2.45, 2.75) is 38.4 Å². The van der Waals surface area contributed by atoms with Gasteiger partial charge in [-0.15, -0.1) is 0 Å². The molecule has 1 N–H and O–H groups in total. The number of carbonyl (C=O) groups is 1. The van der Waals surface area contributed by atoms with E-state index in [4.69, 9.17) is 14.6 Å². The lowest BCUT2D eigenvalue weighted by Gasteiger charge is -2.18. The average Bonchev–Trinajstić information content (AvgIpc) is 3.17. The molecule has 1 aromatic heterocycles. The molecule has 0 radical (unpaired) electrons. The number of hydrogen-bond acceptors (Lipinski definition) is 4. The quantitative estimate of drug-likeness (QED) is 0.486. The van der Waals surface area contributed by atoms with E-state index in [-0.39, 0.29) is 12.5 Å². The second-order valence-electron chi connectivity index (χ2n) is 7.47. The van der Waals surface area contributed by atoms with Crippen LogP contribution in [0.15, 0.2) is 60.8 Å². The van der Waals surface area contributed by atoms with E-state index in [1.165, 1.54) is 6.20 Å². The molecule has 1 aliphatic carbocycles. The van der Waals surface area contributed by atoms with Gasteiger partial charge in [0.25, 0.3) is 0 Å². The highest BCUT2D eigenvalue weighted by molar-refractivity contribution is 5.70. The molecule has 2 atom stereocenters. The molecule has 5 nitrogen and oxygen atoms in total. The molecule has 3 aromatic rings. The molecular formula is C25H24FNO4. The Morgan fingerprint density at radius 1 is 1.16 bits per heavy atom.